The zero-order valence-electron chi connectivity index (χ0n) is 16.8. The molecule has 1 amide bonds. The number of aliphatic imine (C=N–C) groups is 1. The van der Waals surface area contributed by atoms with Gasteiger partial charge in [-0.1, -0.05) is 0 Å². The molecule has 0 radical (unpaired) electrons. The van der Waals surface area contributed by atoms with Crippen molar-refractivity contribution in [2.24, 2.45) is 4.99 Å². The summed E-state index contributed by atoms with van der Waals surface area (Å²) in [5.41, 5.74) is 0. The highest BCUT2D eigenvalue weighted by Gasteiger charge is 2.30. The Morgan fingerprint density at radius 2 is 1.67 bits per heavy atom. The Bertz CT molecular complexity index is 610. The fourth-order valence-electron chi connectivity index (χ4n) is 3.49. The molecule has 2 aliphatic rings. The SMILES string of the molecule is CCS(=O)(=O)NCCNC(=NC)N1CCN(C(C)C(=O)N2CCCC2)CC1. The average molecular weight is 403 g/mol. The monoisotopic (exact) mass is 402 g/mol. The standard InChI is InChI=1S/C17H34N6O3S/c1-4-27(25,26)20-8-7-19-17(18-3)23-13-11-21(12-14-23)15(2)16(24)22-9-5-6-10-22/h15,20H,4-14H2,1-3H3,(H,18,19). The predicted octanol–water partition coefficient (Wildman–Crippen LogP) is -0.870. The van der Waals surface area contributed by atoms with Crippen LogP contribution in [-0.2, 0) is 14.8 Å². The topological polar surface area (TPSA) is 97.3 Å². The lowest BCUT2D eigenvalue weighted by atomic mass is 10.2. The molecule has 0 spiro atoms. The molecule has 0 bridgehead atoms. The second kappa shape index (κ2) is 10.2. The molecule has 1 unspecified atom stereocenters. The molecule has 2 aliphatic heterocycles. The second-order valence-corrected chi connectivity index (χ2v) is 9.10. The largest absolute Gasteiger partial charge is 0.355 e. The summed E-state index contributed by atoms with van der Waals surface area (Å²) in [6, 6.07) is -0.0799. The number of carbonyl (C=O) groups excluding carboxylic acids is 1. The first-order chi connectivity index (χ1) is 12.9. The maximum atomic E-state index is 12.6. The fraction of sp³-hybridized carbons (Fsp3) is 0.882. The van der Waals surface area contributed by atoms with Crippen molar-refractivity contribution in [1.82, 2.24) is 24.7 Å². The van der Waals surface area contributed by atoms with Crippen LogP contribution in [-0.4, -0.2) is 106 Å². The van der Waals surface area contributed by atoms with Gasteiger partial charge in [-0.05, 0) is 26.7 Å². The van der Waals surface area contributed by atoms with E-state index in [9.17, 15) is 13.2 Å². The third-order valence-electron chi connectivity index (χ3n) is 5.26. The number of piperazine rings is 1. The van der Waals surface area contributed by atoms with E-state index in [4.69, 9.17) is 0 Å². The molecule has 0 aromatic carbocycles. The van der Waals surface area contributed by atoms with Crippen molar-refractivity contribution < 1.29 is 13.2 Å². The number of guanidine groups is 1. The highest BCUT2D eigenvalue weighted by atomic mass is 32.2. The van der Waals surface area contributed by atoms with Crippen molar-refractivity contribution in [3.63, 3.8) is 0 Å². The third kappa shape index (κ3) is 6.32. The van der Waals surface area contributed by atoms with E-state index in [1.165, 1.54) is 0 Å². The van der Waals surface area contributed by atoms with E-state index < -0.39 is 10.0 Å². The van der Waals surface area contributed by atoms with E-state index in [0.29, 0.717) is 13.1 Å². The number of nitrogens with one attached hydrogen (secondary N) is 2. The average Bonchev–Trinajstić information content (AvgIpc) is 3.22. The van der Waals surface area contributed by atoms with Crippen molar-refractivity contribution in [3.8, 4) is 0 Å². The number of likely N-dealkylation sites (tertiary alicyclic amines) is 1. The summed E-state index contributed by atoms with van der Waals surface area (Å²) in [6.45, 7) is 9.41. The van der Waals surface area contributed by atoms with Crippen LogP contribution in [0.4, 0.5) is 0 Å². The molecule has 9 nitrogen and oxygen atoms in total. The maximum absolute atomic E-state index is 12.6. The second-order valence-electron chi connectivity index (χ2n) is 7.00. The highest BCUT2D eigenvalue weighted by molar-refractivity contribution is 7.89. The zero-order valence-corrected chi connectivity index (χ0v) is 17.6. The summed E-state index contributed by atoms with van der Waals surface area (Å²) in [4.78, 5) is 23.2. The molecule has 2 heterocycles. The normalized spacial score (nSPS) is 20.8. The van der Waals surface area contributed by atoms with Crippen molar-refractivity contribution in [1.29, 1.82) is 0 Å². The molecule has 2 rings (SSSR count). The van der Waals surface area contributed by atoms with Gasteiger partial charge in [-0.15, -0.1) is 0 Å². The van der Waals surface area contributed by atoms with E-state index in [2.05, 4.69) is 24.8 Å². The van der Waals surface area contributed by atoms with E-state index in [0.717, 1.165) is 58.1 Å². The first-order valence-corrected chi connectivity index (χ1v) is 11.5. The predicted molar refractivity (Wildman–Crippen MR) is 107 cm³/mol. The van der Waals surface area contributed by atoms with E-state index >= 15 is 0 Å². The molecule has 0 aliphatic carbocycles. The van der Waals surface area contributed by atoms with Crippen LogP contribution < -0.4 is 10.0 Å². The van der Waals surface area contributed by atoms with Gasteiger partial charge in [0.2, 0.25) is 15.9 Å². The quantitative estimate of drug-likeness (QED) is 0.326. The van der Waals surface area contributed by atoms with E-state index in [1.54, 1.807) is 14.0 Å². The van der Waals surface area contributed by atoms with Gasteiger partial charge >= 0.3 is 0 Å². The summed E-state index contributed by atoms with van der Waals surface area (Å²) < 4.78 is 25.4. The Hall–Kier alpha value is -1.39. The Labute approximate surface area is 163 Å². The van der Waals surface area contributed by atoms with Gasteiger partial charge in [0.05, 0.1) is 11.8 Å². The Morgan fingerprint density at radius 1 is 1.04 bits per heavy atom. The van der Waals surface area contributed by atoms with Crippen molar-refractivity contribution in [2.75, 3.05) is 65.2 Å². The molecular formula is C17H34N6O3S. The van der Waals surface area contributed by atoms with Gasteiger partial charge in [-0.3, -0.25) is 14.7 Å². The summed E-state index contributed by atoms with van der Waals surface area (Å²) in [5.74, 6) is 1.09. The molecule has 2 saturated heterocycles. The number of sulfonamides is 1. The first-order valence-electron chi connectivity index (χ1n) is 9.83. The minimum Gasteiger partial charge on any atom is -0.355 e. The van der Waals surface area contributed by atoms with Gasteiger partial charge < -0.3 is 15.1 Å². The smallest absolute Gasteiger partial charge is 0.239 e. The van der Waals surface area contributed by atoms with Gasteiger partial charge in [-0.2, -0.15) is 0 Å². The van der Waals surface area contributed by atoms with Crippen molar-refractivity contribution in [2.45, 2.75) is 32.7 Å². The van der Waals surface area contributed by atoms with Gasteiger partial charge in [-0.25, -0.2) is 13.1 Å². The van der Waals surface area contributed by atoms with Gasteiger partial charge in [0, 0.05) is 59.4 Å². The van der Waals surface area contributed by atoms with Crippen LogP contribution in [0.15, 0.2) is 4.99 Å². The number of carbonyl (C=O) groups is 1. The molecule has 2 fully saturated rings. The minimum absolute atomic E-state index is 0.0799. The number of rotatable bonds is 7. The zero-order chi connectivity index (χ0) is 19.9. The molecule has 156 valence electrons. The van der Waals surface area contributed by atoms with Crippen LogP contribution in [0.2, 0.25) is 0 Å². The van der Waals surface area contributed by atoms with Crippen LogP contribution in [0.1, 0.15) is 26.7 Å². The lowest BCUT2D eigenvalue weighted by molar-refractivity contribution is -0.135. The van der Waals surface area contributed by atoms with Crippen molar-refractivity contribution in [3.05, 3.63) is 0 Å². The Morgan fingerprint density at radius 3 is 2.22 bits per heavy atom. The van der Waals surface area contributed by atoms with E-state index in [-0.39, 0.29) is 17.7 Å². The molecule has 0 aromatic heterocycles. The Kier molecular flexibility index (Phi) is 8.30. The Balaban J connectivity index is 1.75. The fourth-order valence-corrected chi connectivity index (χ4v) is 4.11. The molecular weight excluding hydrogens is 368 g/mol. The highest BCUT2D eigenvalue weighted by Crippen LogP contribution is 2.14. The molecule has 0 aromatic rings. The first kappa shape index (κ1) is 21.9. The summed E-state index contributed by atoms with van der Waals surface area (Å²) in [6.07, 6.45) is 2.23. The van der Waals surface area contributed by atoms with E-state index in [1.807, 2.05) is 11.8 Å². The van der Waals surface area contributed by atoms with Gasteiger partial charge in [0.25, 0.3) is 0 Å². The lowest BCUT2D eigenvalue weighted by Crippen LogP contribution is -2.57. The molecule has 0 saturated carbocycles. The van der Waals surface area contributed by atoms with Crippen LogP contribution >= 0.6 is 0 Å². The van der Waals surface area contributed by atoms with Crippen LogP contribution in [0.3, 0.4) is 0 Å². The molecule has 2 N–H and O–H groups in total. The number of amides is 1. The van der Waals surface area contributed by atoms with Gasteiger partial charge in [0.15, 0.2) is 5.96 Å². The minimum atomic E-state index is -3.17. The third-order valence-corrected chi connectivity index (χ3v) is 6.66. The molecule has 10 heteroatoms. The molecule has 1 atom stereocenters. The lowest BCUT2D eigenvalue weighted by Gasteiger charge is -2.39. The van der Waals surface area contributed by atoms with Crippen LogP contribution in [0, 0.1) is 0 Å². The number of hydrogen-bond acceptors (Lipinski definition) is 5. The van der Waals surface area contributed by atoms with Crippen LogP contribution in [0.25, 0.3) is 0 Å². The maximum Gasteiger partial charge on any atom is 0.239 e. The number of nitrogens with zero attached hydrogens (tertiary/aromatic N) is 4. The van der Waals surface area contributed by atoms with Crippen LogP contribution in [0.5, 0.6) is 0 Å². The molecule has 27 heavy (non-hydrogen) atoms. The van der Waals surface area contributed by atoms with Crippen molar-refractivity contribution >= 4 is 21.9 Å². The summed E-state index contributed by atoms with van der Waals surface area (Å²) >= 11 is 0. The summed E-state index contributed by atoms with van der Waals surface area (Å²) in [5, 5.41) is 3.20. The van der Waals surface area contributed by atoms with Gasteiger partial charge in [0.1, 0.15) is 0 Å². The number of hydrogen-bond donors (Lipinski definition) is 2. The summed E-state index contributed by atoms with van der Waals surface area (Å²) in [7, 11) is -1.44.